The highest BCUT2D eigenvalue weighted by atomic mass is 32.2. The van der Waals surface area contributed by atoms with Crippen molar-refractivity contribution in [3.63, 3.8) is 0 Å². The molecule has 25 heavy (non-hydrogen) atoms. The van der Waals surface area contributed by atoms with Crippen LogP contribution in [0.25, 0.3) is 0 Å². The molecule has 6 nitrogen and oxygen atoms in total. The van der Waals surface area contributed by atoms with Crippen LogP contribution in [0.4, 0.5) is 35.1 Å². The largest absolute Gasteiger partial charge is 0.743 e. The molecule has 1 aromatic heterocycles. The van der Waals surface area contributed by atoms with Crippen molar-refractivity contribution in [3.8, 4) is 0 Å². The van der Waals surface area contributed by atoms with Crippen molar-refractivity contribution in [2.45, 2.75) is 37.4 Å². The van der Waals surface area contributed by atoms with E-state index in [4.69, 9.17) is 0 Å². The molecule has 15 heteroatoms. The molecule has 0 saturated carbocycles. The molecule has 0 aliphatic rings. The third-order valence-corrected chi connectivity index (χ3v) is 3.22. The first-order valence-corrected chi connectivity index (χ1v) is 7.47. The third kappa shape index (κ3) is 6.39. The summed E-state index contributed by atoms with van der Waals surface area (Å²) in [5, 5.41) is -6.08. The first-order valence-electron chi connectivity index (χ1n) is 6.06. The van der Waals surface area contributed by atoms with E-state index in [2.05, 4.69) is 24.0 Å². The molecule has 1 unspecified atom stereocenters. The number of imidazole rings is 1. The minimum atomic E-state index is -6.80. The van der Waals surface area contributed by atoms with Gasteiger partial charge in [-0.15, -0.1) is 0 Å². The molecule has 1 heterocycles. The van der Waals surface area contributed by atoms with E-state index in [0.29, 0.717) is 0 Å². The Morgan fingerprint density at radius 2 is 1.68 bits per heavy atom. The summed E-state index contributed by atoms with van der Waals surface area (Å²) >= 11 is 0. The molecule has 0 spiro atoms. The van der Waals surface area contributed by atoms with E-state index in [-0.39, 0.29) is 0 Å². The predicted octanol–water partition coefficient (Wildman–Crippen LogP) is 1.92. The summed E-state index contributed by atoms with van der Waals surface area (Å²) < 4.78 is 129. The summed E-state index contributed by atoms with van der Waals surface area (Å²) in [4.78, 5) is 0. The fourth-order valence-electron chi connectivity index (χ4n) is 1.07. The van der Waals surface area contributed by atoms with Crippen LogP contribution in [0.1, 0.15) is 6.92 Å². The van der Waals surface area contributed by atoms with E-state index in [9.17, 15) is 48.1 Å². The Morgan fingerprint density at radius 1 is 1.20 bits per heavy atom. The maximum Gasteiger partial charge on any atom is 0.483 e. The molecule has 0 bridgehead atoms. The fraction of sp³-hybridized carbons (Fsp3) is 0.700. The Labute approximate surface area is 136 Å². The minimum absolute atomic E-state index is 1.06. The molecule has 0 amide bonds. The van der Waals surface area contributed by atoms with E-state index < -0.39 is 34.0 Å². The van der Waals surface area contributed by atoms with Gasteiger partial charge in [0.05, 0.1) is 13.6 Å². The van der Waals surface area contributed by atoms with Gasteiger partial charge in [0.15, 0.2) is 10.1 Å². The van der Waals surface area contributed by atoms with Crippen LogP contribution in [0, 0.1) is 0 Å². The molecule has 0 aliphatic heterocycles. The van der Waals surface area contributed by atoms with Crippen molar-refractivity contribution >= 4 is 10.1 Å². The Balaban J connectivity index is 0.000000593. The van der Waals surface area contributed by atoms with E-state index in [1.54, 1.807) is 0 Å². The lowest BCUT2D eigenvalue weighted by Gasteiger charge is -2.27. The van der Waals surface area contributed by atoms with Crippen molar-refractivity contribution in [2.24, 2.45) is 7.05 Å². The number of aryl methyl sites for hydroxylation is 2. The zero-order valence-corrected chi connectivity index (χ0v) is 13.3. The van der Waals surface area contributed by atoms with E-state index in [1.807, 2.05) is 22.5 Å². The topological polar surface area (TPSA) is 75.2 Å². The summed E-state index contributed by atoms with van der Waals surface area (Å²) in [6.45, 7) is 3.18. The van der Waals surface area contributed by atoms with Gasteiger partial charge >= 0.3 is 17.5 Å². The van der Waals surface area contributed by atoms with Gasteiger partial charge in [-0.2, -0.15) is 30.7 Å². The molecule has 1 rings (SSSR count). The van der Waals surface area contributed by atoms with Crippen molar-refractivity contribution in [1.29, 1.82) is 0 Å². The molecule has 1 atom stereocenters. The Bertz CT molecular complexity index is 658. The zero-order chi connectivity index (χ0) is 20.3. The van der Waals surface area contributed by atoms with Crippen LogP contribution in [0.5, 0.6) is 0 Å². The highest BCUT2D eigenvalue weighted by molar-refractivity contribution is 7.86. The molecule has 0 fully saturated rings. The van der Waals surface area contributed by atoms with E-state index in [0.717, 1.165) is 6.54 Å². The van der Waals surface area contributed by atoms with Gasteiger partial charge in [-0.1, -0.05) is 0 Å². The maximum atomic E-state index is 12.2. The number of hydrogen-bond acceptors (Lipinski definition) is 4. The van der Waals surface area contributed by atoms with Gasteiger partial charge in [-0.25, -0.2) is 21.9 Å². The Kier molecular flexibility index (Phi) is 7.36. The van der Waals surface area contributed by atoms with Gasteiger partial charge in [0.1, 0.15) is 12.4 Å². The van der Waals surface area contributed by atoms with Gasteiger partial charge in [0, 0.05) is 0 Å². The summed E-state index contributed by atoms with van der Waals surface area (Å²) in [6.07, 6.45) is -11.8. The number of ether oxygens (including phenoxy) is 1. The van der Waals surface area contributed by atoms with E-state index in [1.165, 1.54) is 0 Å². The zero-order valence-electron chi connectivity index (χ0n) is 12.5. The van der Waals surface area contributed by atoms with Crippen LogP contribution in [0.2, 0.25) is 0 Å². The van der Waals surface area contributed by atoms with Crippen molar-refractivity contribution in [3.05, 3.63) is 18.7 Å². The molecule has 148 valence electrons. The molecule has 0 aromatic carbocycles. The van der Waals surface area contributed by atoms with Crippen LogP contribution in [0.15, 0.2) is 18.7 Å². The quantitative estimate of drug-likeness (QED) is 0.424. The van der Waals surface area contributed by atoms with Gasteiger partial charge < -0.3 is 4.55 Å². The lowest BCUT2D eigenvalue weighted by Crippen LogP contribution is -2.48. The van der Waals surface area contributed by atoms with Gasteiger partial charge in [0.2, 0.25) is 6.33 Å². The second-order valence-electron chi connectivity index (χ2n) is 4.37. The fourth-order valence-corrected chi connectivity index (χ4v) is 1.34. The lowest BCUT2D eigenvalue weighted by molar-refractivity contribution is -0.671. The average molecular weight is 408 g/mol. The molecule has 0 radical (unpaired) electrons. The number of hydrogen-bond donors (Lipinski definition) is 0. The van der Waals surface area contributed by atoms with Crippen molar-refractivity contribution < 1.29 is 57.4 Å². The summed E-state index contributed by atoms with van der Waals surface area (Å²) in [5.74, 6) is 0. The van der Waals surface area contributed by atoms with Crippen molar-refractivity contribution in [2.75, 3.05) is 0 Å². The van der Waals surface area contributed by atoms with Gasteiger partial charge in [-0.05, 0) is 6.92 Å². The number of alkyl halides is 8. The highest BCUT2D eigenvalue weighted by Gasteiger charge is 2.64. The first kappa shape index (κ1) is 23.5. The third-order valence-electron chi connectivity index (χ3n) is 2.37. The summed E-state index contributed by atoms with van der Waals surface area (Å²) in [6, 6.07) is 0. The van der Waals surface area contributed by atoms with Crippen LogP contribution in [-0.2, 0) is 28.4 Å². The van der Waals surface area contributed by atoms with Crippen molar-refractivity contribution in [1.82, 2.24) is 4.57 Å². The Hall–Kier alpha value is -1.48. The lowest BCUT2D eigenvalue weighted by atomic mass is 10.6. The number of nitrogens with zero attached hydrogens (tertiary/aromatic N) is 2. The smallest absolute Gasteiger partial charge is 0.483 e. The second-order valence-corrected chi connectivity index (χ2v) is 5.83. The molecule has 0 saturated heterocycles. The number of aromatic nitrogens is 2. The van der Waals surface area contributed by atoms with Crippen LogP contribution in [-0.4, -0.2) is 41.4 Å². The maximum absolute atomic E-state index is 12.2. The first-order chi connectivity index (χ1) is 11.0. The molecule has 1 aromatic rings. The number of rotatable bonds is 5. The molecule has 0 N–H and O–H groups in total. The second kappa shape index (κ2) is 7.82. The van der Waals surface area contributed by atoms with Crippen LogP contribution in [0.3, 0.4) is 0 Å². The predicted molar refractivity (Wildman–Crippen MR) is 62.9 cm³/mol. The number of halogens is 8. The van der Waals surface area contributed by atoms with Crippen LogP contribution < -0.4 is 4.57 Å². The summed E-state index contributed by atoms with van der Waals surface area (Å²) in [7, 11) is -4.78. The van der Waals surface area contributed by atoms with Gasteiger partial charge in [-0.3, -0.25) is 4.74 Å². The normalized spacial score (nSPS) is 14.7. The van der Waals surface area contributed by atoms with Crippen LogP contribution >= 0.6 is 0 Å². The van der Waals surface area contributed by atoms with Gasteiger partial charge in [0.25, 0.3) is 6.36 Å². The average Bonchev–Trinajstić information content (AvgIpc) is 2.82. The SMILES string of the molecule is CCn1cc[n+](C)c1.O=S(=O)([O-])C(F)(F)C(F)OC(F)(F)C(F)(F)F. The molecule has 0 aliphatic carbocycles. The summed E-state index contributed by atoms with van der Waals surface area (Å²) in [5.41, 5.74) is 0. The highest BCUT2D eigenvalue weighted by Crippen LogP contribution is 2.40. The van der Waals surface area contributed by atoms with E-state index >= 15 is 0 Å². The molecular weight excluding hydrogens is 396 g/mol. The monoisotopic (exact) mass is 408 g/mol. The standard InChI is InChI=1S/C6H11N2.C4H2F8O4S/c1-3-8-5-4-7(2)6-8;5-1(2(6,7)17(13,14)15)16-4(11,12)3(8,9)10/h4-6H,3H2,1-2H3;1H,(H,13,14,15)/q+1;/p-1. The Morgan fingerprint density at radius 3 is 1.92 bits per heavy atom. The minimum Gasteiger partial charge on any atom is -0.743 e. The molecular formula is C10H12F8N2O4S.